The van der Waals surface area contributed by atoms with Crippen LogP contribution in [0.25, 0.3) is 0 Å². The Hall–Kier alpha value is -2.31. The summed E-state index contributed by atoms with van der Waals surface area (Å²) in [5, 5.41) is 8.96. The smallest absolute Gasteiger partial charge is 0.343 e. The second-order valence-corrected chi connectivity index (χ2v) is 6.64. The maximum Gasteiger partial charge on any atom is 0.343 e. The lowest BCUT2D eigenvalue weighted by atomic mass is 10.1. The number of carbonyl (C=O) groups is 2. The topological polar surface area (TPSA) is 76.1 Å². The molecule has 0 radical (unpaired) electrons. The molecule has 1 aliphatic heterocycles. The molecular formula is C18H22FNO5. The number of carboxylic acids is 1. The van der Waals surface area contributed by atoms with Crippen molar-refractivity contribution < 1.29 is 28.6 Å². The molecule has 6 nitrogen and oxygen atoms in total. The number of nitrogens with zero attached hydrogens (tertiary/aromatic N) is 1. The van der Waals surface area contributed by atoms with E-state index in [0.29, 0.717) is 17.1 Å². The van der Waals surface area contributed by atoms with Crippen LogP contribution in [0.1, 0.15) is 42.5 Å². The van der Waals surface area contributed by atoms with Gasteiger partial charge >= 0.3 is 5.97 Å². The molecule has 1 N–H and O–H groups in total. The Morgan fingerprint density at radius 2 is 2.00 bits per heavy atom. The molecule has 25 heavy (non-hydrogen) atoms. The summed E-state index contributed by atoms with van der Waals surface area (Å²) in [6.45, 7) is -0.363. The van der Waals surface area contributed by atoms with E-state index in [9.17, 15) is 14.0 Å². The second-order valence-electron chi connectivity index (χ2n) is 6.64. The van der Waals surface area contributed by atoms with Crippen molar-refractivity contribution in [3.8, 4) is 11.5 Å². The van der Waals surface area contributed by atoms with Gasteiger partial charge in [-0.05, 0) is 43.9 Å². The van der Waals surface area contributed by atoms with Gasteiger partial charge in [0.05, 0.1) is 19.8 Å². The van der Waals surface area contributed by atoms with Gasteiger partial charge in [-0.3, -0.25) is 4.79 Å². The normalized spacial score (nSPS) is 23.7. The van der Waals surface area contributed by atoms with Crippen LogP contribution in [0.15, 0.2) is 18.2 Å². The van der Waals surface area contributed by atoms with Crippen LogP contribution in [0.4, 0.5) is 4.39 Å². The van der Waals surface area contributed by atoms with Crippen LogP contribution in [-0.2, 0) is 4.79 Å². The van der Waals surface area contributed by atoms with E-state index in [4.69, 9.17) is 14.6 Å². The third-order valence-corrected chi connectivity index (χ3v) is 4.90. The lowest BCUT2D eigenvalue weighted by Gasteiger charge is -2.20. The molecule has 1 aromatic rings. The second kappa shape index (κ2) is 6.90. The number of methoxy groups -OCH3 is 1. The molecule has 1 saturated carbocycles. The minimum Gasteiger partial charge on any atom is -0.493 e. The summed E-state index contributed by atoms with van der Waals surface area (Å²) in [5.74, 6) is -0.901. The monoisotopic (exact) mass is 351 g/mol. The third-order valence-electron chi connectivity index (χ3n) is 4.90. The first-order chi connectivity index (χ1) is 11.9. The molecule has 1 aromatic carbocycles. The van der Waals surface area contributed by atoms with E-state index in [0.717, 1.165) is 25.7 Å². The first-order valence-corrected chi connectivity index (χ1v) is 8.49. The standard InChI is InChI=1S/C18H22FNO5/c1-24-14-7-6-12(10-15(14)25-13-4-2-3-5-13)16(21)20-9-8-18(19,11-20)17(22)23/h6-7,10,13H,2-5,8-9,11H2,1H3,(H,22,23). The van der Waals surface area contributed by atoms with Crippen molar-refractivity contribution in [3.63, 3.8) is 0 Å². The first kappa shape index (κ1) is 17.5. The van der Waals surface area contributed by atoms with Gasteiger partial charge in [-0.1, -0.05) is 0 Å². The van der Waals surface area contributed by atoms with Gasteiger partial charge in [0.25, 0.3) is 5.91 Å². The molecular weight excluding hydrogens is 329 g/mol. The zero-order valence-electron chi connectivity index (χ0n) is 14.2. The number of amides is 1. The highest BCUT2D eigenvalue weighted by Crippen LogP contribution is 2.34. The van der Waals surface area contributed by atoms with Crippen molar-refractivity contribution in [2.24, 2.45) is 0 Å². The minimum atomic E-state index is -2.37. The minimum absolute atomic E-state index is 0.0759. The number of benzene rings is 1. The molecule has 1 saturated heterocycles. The average Bonchev–Trinajstić information content (AvgIpc) is 3.24. The van der Waals surface area contributed by atoms with Gasteiger partial charge in [0.15, 0.2) is 11.5 Å². The van der Waals surface area contributed by atoms with Crippen LogP contribution in [0.2, 0.25) is 0 Å². The van der Waals surface area contributed by atoms with E-state index in [2.05, 4.69) is 0 Å². The predicted octanol–water partition coefficient (Wildman–Crippen LogP) is 2.66. The number of carbonyl (C=O) groups excluding carboxylic acids is 1. The fourth-order valence-corrected chi connectivity index (χ4v) is 3.39. The number of hydrogen-bond acceptors (Lipinski definition) is 4. The molecule has 2 aliphatic rings. The van der Waals surface area contributed by atoms with E-state index < -0.39 is 24.1 Å². The number of halogens is 1. The number of carboxylic acid groups (broad SMARTS) is 1. The first-order valence-electron chi connectivity index (χ1n) is 8.49. The van der Waals surface area contributed by atoms with Gasteiger partial charge < -0.3 is 19.5 Å². The fourth-order valence-electron chi connectivity index (χ4n) is 3.39. The van der Waals surface area contributed by atoms with Gasteiger partial charge in [0.2, 0.25) is 5.67 Å². The van der Waals surface area contributed by atoms with Crippen molar-refractivity contribution >= 4 is 11.9 Å². The lowest BCUT2D eigenvalue weighted by Crippen LogP contribution is -2.38. The number of likely N-dealkylation sites (tertiary alicyclic amines) is 1. The summed E-state index contributed by atoms with van der Waals surface area (Å²) in [5.41, 5.74) is -2.03. The Morgan fingerprint density at radius 1 is 1.28 bits per heavy atom. The van der Waals surface area contributed by atoms with Gasteiger partial charge in [0, 0.05) is 18.5 Å². The molecule has 0 spiro atoms. The number of aliphatic carboxylic acids is 1. The molecule has 2 fully saturated rings. The largest absolute Gasteiger partial charge is 0.493 e. The average molecular weight is 351 g/mol. The molecule has 1 atom stereocenters. The highest BCUT2D eigenvalue weighted by molar-refractivity contribution is 5.96. The summed E-state index contributed by atoms with van der Waals surface area (Å²) in [6.07, 6.45) is 4.08. The molecule has 1 aliphatic carbocycles. The summed E-state index contributed by atoms with van der Waals surface area (Å²) < 4.78 is 25.5. The summed E-state index contributed by atoms with van der Waals surface area (Å²) in [4.78, 5) is 24.9. The third kappa shape index (κ3) is 3.55. The maximum atomic E-state index is 14.2. The van der Waals surface area contributed by atoms with E-state index >= 15 is 0 Å². The highest BCUT2D eigenvalue weighted by atomic mass is 19.1. The fraction of sp³-hybridized carbons (Fsp3) is 0.556. The summed E-state index contributed by atoms with van der Waals surface area (Å²) in [6, 6.07) is 4.83. The van der Waals surface area contributed by atoms with Crippen LogP contribution in [-0.4, -0.2) is 53.9 Å². The van der Waals surface area contributed by atoms with E-state index in [1.54, 1.807) is 18.2 Å². The number of hydrogen-bond donors (Lipinski definition) is 1. The van der Waals surface area contributed by atoms with Crippen molar-refractivity contribution in [2.45, 2.75) is 43.9 Å². The van der Waals surface area contributed by atoms with Crippen LogP contribution in [0.3, 0.4) is 0 Å². The van der Waals surface area contributed by atoms with Crippen LogP contribution in [0.5, 0.6) is 11.5 Å². The number of rotatable bonds is 5. The summed E-state index contributed by atoms with van der Waals surface area (Å²) in [7, 11) is 1.53. The lowest BCUT2D eigenvalue weighted by molar-refractivity contribution is -0.149. The molecule has 3 rings (SSSR count). The number of alkyl halides is 1. The Labute approximate surface area is 145 Å². The maximum absolute atomic E-state index is 14.2. The zero-order chi connectivity index (χ0) is 18.0. The SMILES string of the molecule is COc1ccc(C(=O)N2CCC(F)(C(=O)O)C2)cc1OC1CCCC1. The Balaban J connectivity index is 1.77. The Kier molecular flexibility index (Phi) is 4.83. The van der Waals surface area contributed by atoms with Crippen LogP contribution in [0, 0.1) is 0 Å². The van der Waals surface area contributed by atoms with Gasteiger partial charge in [-0.15, -0.1) is 0 Å². The van der Waals surface area contributed by atoms with Crippen molar-refractivity contribution in [1.82, 2.24) is 4.90 Å². The Morgan fingerprint density at radius 3 is 2.60 bits per heavy atom. The summed E-state index contributed by atoms with van der Waals surface area (Å²) >= 11 is 0. The quantitative estimate of drug-likeness (QED) is 0.883. The van der Waals surface area contributed by atoms with E-state index in [-0.39, 0.29) is 19.1 Å². The zero-order valence-corrected chi connectivity index (χ0v) is 14.2. The molecule has 7 heteroatoms. The molecule has 0 aromatic heterocycles. The Bertz CT molecular complexity index is 673. The molecule has 1 heterocycles. The van der Waals surface area contributed by atoms with Crippen LogP contribution >= 0.6 is 0 Å². The van der Waals surface area contributed by atoms with Gasteiger partial charge in [-0.2, -0.15) is 0 Å². The predicted molar refractivity (Wildman–Crippen MR) is 87.9 cm³/mol. The molecule has 0 bridgehead atoms. The molecule has 136 valence electrons. The highest BCUT2D eigenvalue weighted by Gasteiger charge is 2.47. The molecule has 1 unspecified atom stereocenters. The number of ether oxygens (including phenoxy) is 2. The molecule has 1 amide bonds. The van der Waals surface area contributed by atoms with Crippen molar-refractivity contribution in [2.75, 3.05) is 20.2 Å². The van der Waals surface area contributed by atoms with Crippen molar-refractivity contribution in [1.29, 1.82) is 0 Å². The van der Waals surface area contributed by atoms with Gasteiger partial charge in [-0.25, -0.2) is 9.18 Å². The van der Waals surface area contributed by atoms with E-state index in [1.165, 1.54) is 12.0 Å². The van der Waals surface area contributed by atoms with E-state index in [1.807, 2.05) is 0 Å². The van der Waals surface area contributed by atoms with Gasteiger partial charge in [0.1, 0.15) is 0 Å². The van der Waals surface area contributed by atoms with Crippen molar-refractivity contribution in [3.05, 3.63) is 23.8 Å². The van der Waals surface area contributed by atoms with Crippen LogP contribution < -0.4 is 9.47 Å².